The average Bonchev–Trinajstić information content (AvgIpc) is 2.24. The second-order valence-corrected chi connectivity index (χ2v) is 6.01. The zero-order chi connectivity index (χ0) is 12.4. The summed E-state index contributed by atoms with van der Waals surface area (Å²) in [5.74, 6) is 0. The summed E-state index contributed by atoms with van der Waals surface area (Å²) < 4.78 is 5.39. The Bertz CT molecular complexity index is 230. The molecule has 1 aliphatic heterocycles. The lowest BCUT2D eigenvalue weighted by molar-refractivity contribution is -0.0111. The number of rotatable bonds is 4. The molecule has 3 nitrogen and oxygen atoms in total. The predicted octanol–water partition coefficient (Wildman–Crippen LogP) is 1.87. The van der Waals surface area contributed by atoms with E-state index in [1.54, 1.807) is 7.11 Å². The summed E-state index contributed by atoms with van der Waals surface area (Å²) in [5, 5.41) is 3.67. The first kappa shape index (κ1) is 13.9. The van der Waals surface area contributed by atoms with Gasteiger partial charge in [-0.1, -0.05) is 6.92 Å². The molecule has 0 aliphatic carbocycles. The Kier molecular flexibility index (Phi) is 4.38. The Balaban J connectivity index is 2.69. The van der Waals surface area contributed by atoms with E-state index in [9.17, 15) is 0 Å². The van der Waals surface area contributed by atoms with Gasteiger partial charge in [-0.05, 0) is 34.1 Å². The number of hydrogen-bond acceptors (Lipinski definition) is 3. The first-order chi connectivity index (χ1) is 7.33. The molecule has 1 N–H and O–H groups in total. The van der Waals surface area contributed by atoms with Crippen LogP contribution >= 0.6 is 0 Å². The molecule has 1 rings (SSSR count). The number of ether oxygens (including phenoxy) is 1. The second-order valence-electron chi connectivity index (χ2n) is 6.01. The largest absolute Gasteiger partial charge is 0.380 e. The zero-order valence-corrected chi connectivity index (χ0v) is 11.8. The Morgan fingerprint density at radius 3 is 2.50 bits per heavy atom. The van der Waals surface area contributed by atoms with E-state index in [0.717, 1.165) is 19.6 Å². The van der Waals surface area contributed by atoms with Gasteiger partial charge in [-0.25, -0.2) is 0 Å². The third-order valence-corrected chi connectivity index (χ3v) is 4.00. The molecule has 0 radical (unpaired) electrons. The van der Waals surface area contributed by atoms with Gasteiger partial charge in [-0.2, -0.15) is 0 Å². The first-order valence-corrected chi connectivity index (χ1v) is 6.36. The lowest BCUT2D eigenvalue weighted by atomic mass is 9.88. The van der Waals surface area contributed by atoms with Crippen molar-refractivity contribution in [2.45, 2.75) is 58.2 Å². The molecule has 0 aromatic carbocycles. The van der Waals surface area contributed by atoms with Crippen molar-refractivity contribution in [3.8, 4) is 0 Å². The molecule has 1 saturated heterocycles. The van der Waals surface area contributed by atoms with Crippen molar-refractivity contribution in [2.24, 2.45) is 0 Å². The third kappa shape index (κ3) is 3.19. The summed E-state index contributed by atoms with van der Waals surface area (Å²) in [6, 6.07) is 0. The third-order valence-electron chi connectivity index (χ3n) is 4.00. The van der Waals surface area contributed by atoms with Gasteiger partial charge in [0.25, 0.3) is 0 Å². The monoisotopic (exact) mass is 228 g/mol. The van der Waals surface area contributed by atoms with Crippen LogP contribution in [-0.4, -0.2) is 48.8 Å². The molecule has 16 heavy (non-hydrogen) atoms. The number of hydrogen-bond donors (Lipinski definition) is 1. The highest BCUT2D eigenvalue weighted by Gasteiger charge is 2.39. The van der Waals surface area contributed by atoms with Crippen LogP contribution < -0.4 is 5.32 Å². The van der Waals surface area contributed by atoms with Crippen LogP contribution in [0.4, 0.5) is 0 Å². The average molecular weight is 228 g/mol. The predicted molar refractivity (Wildman–Crippen MR) is 68.8 cm³/mol. The molecule has 96 valence electrons. The van der Waals surface area contributed by atoms with Crippen LogP contribution in [0.15, 0.2) is 0 Å². The second kappa shape index (κ2) is 5.03. The number of methoxy groups -OCH3 is 1. The smallest absolute Gasteiger partial charge is 0.0670 e. The Hall–Kier alpha value is -0.120. The topological polar surface area (TPSA) is 24.5 Å². The van der Waals surface area contributed by atoms with Crippen molar-refractivity contribution in [2.75, 3.05) is 26.7 Å². The van der Waals surface area contributed by atoms with E-state index in [0.29, 0.717) is 6.10 Å². The van der Waals surface area contributed by atoms with E-state index in [2.05, 4.69) is 44.8 Å². The van der Waals surface area contributed by atoms with Crippen molar-refractivity contribution in [3.05, 3.63) is 0 Å². The maximum atomic E-state index is 5.39. The van der Waals surface area contributed by atoms with Crippen LogP contribution in [0, 0.1) is 0 Å². The Morgan fingerprint density at radius 2 is 2.00 bits per heavy atom. The van der Waals surface area contributed by atoms with Crippen LogP contribution in [0.1, 0.15) is 41.0 Å². The molecular weight excluding hydrogens is 200 g/mol. The van der Waals surface area contributed by atoms with Crippen molar-refractivity contribution in [1.82, 2.24) is 10.2 Å². The van der Waals surface area contributed by atoms with Crippen LogP contribution in [-0.2, 0) is 4.74 Å². The molecule has 3 heteroatoms. The highest BCUT2D eigenvalue weighted by molar-refractivity contribution is 4.99. The highest BCUT2D eigenvalue weighted by atomic mass is 16.5. The normalized spacial score (nSPS) is 32.6. The Labute approximate surface area is 101 Å². The van der Waals surface area contributed by atoms with Gasteiger partial charge in [0.1, 0.15) is 0 Å². The van der Waals surface area contributed by atoms with Crippen molar-refractivity contribution in [1.29, 1.82) is 0 Å². The zero-order valence-electron chi connectivity index (χ0n) is 11.8. The van der Waals surface area contributed by atoms with E-state index in [1.807, 2.05) is 0 Å². The molecule has 0 bridgehead atoms. The Morgan fingerprint density at radius 1 is 1.38 bits per heavy atom. The molecule has 1 heterocycles. The minimum absolute atomic E-state index is 0.224. The van der Waals surface area contributed by atoms with Crippen LogP contribution in [0.3, 0.4) is 0 Å². The lowest BCUT2D eigenvalue weighted by Gasteiger charge is -2.51. The minimum atomic E-state index is 0.224. The fourth-order valence-corrected chi connectivity index (χ4v) is 2.17. The van der Waals surface area contributed by atoms with E-state index in [-0.39, 0.29) is 11.1 Å². The van der Waals surface area contributed by atoms with Gasteiger partial charge < -0.3 is 10.1 Å². The van der Waals surface area contributed by atoms with Gasteiger partial charge in [-0.15, -0.1) is 0 Å². The first-order valence-electron chi connectivity index (χ1n) is 6.36. The van der Waals surface area contributed by atoms with E-state index in [1.165, 1.54) is 6.42 Å². The number of nitrogens with zero attached hydrogens (tertiary/aromatic N) is 1. The standard InChI is InChI=1S/C13H28N2O/c1-7-13(5)10-15(8-11(2)16-6)12(3,4)9-14-13/h11,14H,7-10H2,1-6H3. The highest BCUT2D eigenvalue weighted by Crippen LogP contribution is 2.25. The minimum Gasteiger partial charge on any atom is -0.380 e. The molecule has 0 amide bonds. The maximum Gasteiger partial charge on any atom is 0.0670 e. The fourth-order valence-electron chi connectivity index (χ4n) is 2.17. The summed E-state index contributed by atoms with van der Waals surface area (Å²) in [4.78, 5) is 2.56. The van der Waals surface area contributed by atoms with Gasteiger partial charge in [0, 0.05) is 37.8 Å². The van der Waals surface area contributed by atoms with Crippen molar-refractivity contribution < 1.29 is 4.74 Å². The SMILES string of the molecule is CCC1(C)CN(CC(C)OC)C(C)(C)CN1. The summed E-state index contributed by atoms with van der Waals surface area (Å²) in [7, 11) is 1.79. The molecule has 2 atom stereocenters. The van der Waals surface area contributed by atoms with E-state index in [4.69, 9.17) is 4.74 Å². The molecule has 0 spiro atoms. The molecule has 0 aromatic rings. The number of nitrogens with one attached hydrogen (secondary N) is 1. The summed E-state index contributed by atoms with van der Waals surface area (Å²) in [5.41, 5.74) is 0.477. The quantitative estimate of drug-likeness (QED) is 0.795. The number of piperazine rings is 1. The molecular formula is C13H28N2O. The lowest BCUT2D eigenvalue weighted by Crippen LogP contribution is -2.67. The molecule has 0 saturated carbocycles. The fraction of sp³-hybridized carbons (Fsp3) is 1.00. The molecule has 0 aromatic heterocycles. The van der Waals surface area contributed by atoms with Crippen molar-refractivity contribution in [3.63, 3.8) is 0 Å². The van der Waals surface area contributed by atoms with Gasteiger partial charge >= 0.3 is 0 Å². The van der Waals surface area contributed by atoms with Crippen molar-refractivity contribution >= 4 is 0 Å². The van der Waals surface area contributed by atoms with Gasteiger partial charge in [0.15, 0.2) is 0 Å². The summed E-state index contributed by atoms with van der Waals surface area (Å²) >= 11 is 0. The van der Waals surface area contributed by atoms with Gasteiger partial charge in [-0.3, -0.25) is 4.90 Å². The van der Waals surface area contributed by atoms with E-state index < -0.39 is 0 Å². The molecule has 1 fully saturated rings. The summed E-state index contributed by atoms with van der Waals surface area (Å²) in [6.07, 6.45) is 1.47. The van der Waals surface area contributed by atoms with Crippen LogP contribution in [0.2, 0.25) is 0 Å². The summed E-state index contributed by atoms with van der Waals surface area (Å²) in [6.45, 7) is 14.5. The van der Waals surface area contributed by atoms with E-state index >= 15 is 0 Å². The van der Waals surface area contributed by atoms with Gasteiger partial charge in [0.05, 0.1) is 6.10 Å². The molecule has 1 aliphatic rings. The molecule has 2 unspecified atom stereocenters. The van der Waals surface area contributed by atoms with Gasteiger partial charge in [0.2, 0.25) is 0 Å². The van der Waals surface area contributed by atoms with Crippen LogP contribution in [0.5, 0.6) is 0 Å². The maximum absolute atomic E-state index is 5.39. The van der Waals surface area contributed by atoms with Crippen LogP contribution in [0.25, 0.3) is 0 Å².